The fraction of sp³-hybridized carbons (Fsp3) is 0.211. The quantitative estimate of drug-likeness (QED) is 0.620. The van der Waals surface area contributed by atoms with E-state index in [2.05, 4.69) is 5.32 Å². The molecule has 0 fully saturated rings. The molecule has 0 aliphatic carbocycles. The van der Waals surface area contributed by atoms with Crippen molar-refractivity contribution < 1.29 is 19.0 Å². The second kappa shape index (κ2) is 8.62. The van der Waals surface area contributed by atoms with E-state index >= 15 is 0 Å². The van der Waals surface area contributed by atoms with Gasteiger partial charge in [-0.1, -0.05) is 12.1 Å². The molecule has 5 heteroatoms. The lowest BCUT2D eigenvalue weighted by Gasteiger charge is -2.10. The summed E-state index contributed by atoms with van der Waals surface area (Å²) in [6.07, 6.45) is 1.64. The molecule has 1 N–H and O–H groups in total. The topological polar surface area (TPSA) is 56.8 Å². The predicted molar refractivity (Wildman–Crippen MR) is 94.2 cm³/mol. The number of carbonyl (C=O) groups is 1. The van der Waals surface area contributed by atoms with Gasteiger partial charge in [-0.05, 0) is 48.9 Å². The van der Waals surface area contributed by atoms with Crippen molar-refractivity contribution in [2.75, 3.05) is 26.1 Å². The average Bonchev–Trinajstić information content (AvgIpc) is 2.63. The van der Waals surface area contributed by atoms with Crippen molar-refractivity contribution in [3.05, 3.63) is 60.3 Å². The van der Waals surface area contributed by atoms with Gasteiger partial charge in [0.1, 0.15) is 11.5 Å². The van der Waals surface area contributed by atoms with Crippen LogP contribution in [0.1, 0.15) is 12.5 Å². The molecule has 0 bridgehead atoms. The van der Waals surface area contributed by atoms with Gasteiger partial charge in [-0.25, -0.2) is 4.79 Å². The number of esters is 1. The molecule has 0 aromatic heterocycles. The minimum Gasteiger partial charge on any atom is -0.497 e. The highest BCUT2D eigenvalue weighted by Crippen LogP contribution is 2.21. The molecule has 0 saturated carbocycles. The van der Waals surface area contributed by atoms with Gasteiger partial charge in [0.15, 0.2) is 0 Å². The van der Waals surface area contributed by atoms with Crippen molar-refractivity contribution in [1.82, 2.24) is 0 Å². The molecule has 126 valence electrons. The first-order valence-corrected chi connectivity index (χ1v) is 7.60. The van der Waals surface area contributed by atoms with Crippen molar-refractivity contribution in [3.63, 3.8) is 0 Å². The zero-order valence-electron chi connectivity index (χ0n) is 14.0. The zero-order chi connectivity index (χ0) is 17.4. The number of nitrogens with one attached hydrogen (secondary N) is 1. The molecule has 2 rings (SSSR count). The largest absolute Gasteiger partial charge is 0.497 e. The Morgan fingerprint density at radius 3 is 2.00 bits per heavy atom. The van der Waals surface area contributed by atoms with E-state index in [0.717, 1.165) is 22.7 Å². The van der Waals surface area contributed by atoms with Crippen molar-refractivity contribution in [3.8, 4) is 11.5 Å². The number of ether oxygens (including phenoxy) is 3. The molecule has 2 aromatic rings. The Morgan fingerprint density at radius 1 is 0.958 bits per heavy atom. The smallest absolute Gasteiger partial charge is 0.340 e. The van der Waals surface area contributed by atoms with Crippen LogP contribution >= 0.6 is 0 Å². The van der Waals surface area contributed by atoms with Crippen molar-refractivity contribution in [1.29, 1.82) is 0 Å². The SMILES string of the molecule is CCOC(=O)/C(=C\Nc1ccc(OC)cc1)c1ccc(OC)cc1. The molecular weight excluding hydrogens is 306 g/mol. The van der Waals surface area contributed by atoms with E-state index in [1.165, 1.54) is 0 Å². The maximum Gasteiger partial charge on any atom is 0.340 e. The molecule has 0 radical (unpaired) electrons. The Kier molecular flexibility index (Phi) is 6.25. The van der Waals surface area contributed by atoms with Gasteiger partial charge in [0.05, 0.1) is 26.4 Å². The number of hydrogen-bond donors (Lipinski definition) is 1. The van der Waals surface area contributed by atoms with Crippen LogP contribution in [0, 0.1) is 0 Å². The Bertz CT molecular complexity index is 690. The third-order valence-electron chi connectivity index (χ3n) is 3.37. The van der Waals surface area contributed by atoms with Gasteiger partial charge in [-0.3, -0.25) is 0 Å². The minimum absolute atomic E-state index is 0.314. The molecule has 0 aliphatic rings. The van der Waals surface area contributed by atoms with Crippen molar-refractivity contribution in [2.45, 2.75) is 6.92 Å². The zero-order valence-corrected chi connectivity index (χ0v) is 14.0. The number of methoxy groups -OCH3 is 2. The molecular formula is C19H21NO4. The Morgan fingerprint density at radius 2 is 1.50 bits per heavy atom. The summed E-state index contributed by atoms with van der Waals surface area (Å²) in [6.45, 7) is 2.09. The summed E-state index contributed by atoms with van der Waals surface area (Å²) in [7, 11) is 3.22. The molecule has 0 saturated heterocycles. The van der Waals surface area contributed by atoms with E-state index in [1.807, 2.05) is 36.4 Å². The maximum atomic E-state index is 12.2. The lowest BCUT2D eigenvalue weighted by Crippen LogP contribution is -2.08. The Balaban J connectivity index is 2.24. The van der Waals surface area contributed by atoms with Crippen LogP contribution in [0.15, 0.2) is 54.7 Å². The summed E-state index contributed by atoms with van der Waals surface area (Å²) in [6, 6.07) is 14.7. The lowest BCUT2D eigenvalue weighted by molar-refractivity contribution is -0.136. The average molecular weight is 327 g/mol. The van der Waals surface area contributed by atoms with Crippen molar-refractivity contribution in [2.24, 2.45) is 0 Å². The van der Waals surface area contributed by atoms with Crippen molar-refractivity contribution >= 4 is 17.2 Å². The molecule has 0 spiro atoms. The summed E-state index contributed by atoms with van der Waals surface area (Å²) in [4.78, 5) is 12.2. The minimum atomic E-state index is -0.385. The van der Waals surface area contributed by atoms with Crippen LogP contribution in [0.25, 0.3) is 5.57 Å². The highest BCUT2D eigenvalue weighted by Gasteiger charge is 2.13. The third-order valence-corrected chi connectivity index (χ3v) is 3.37. The first-order valence-electron chi connectivity index (χ1n) is 7.60. The maximum absolute atomic E-state index is 12.2. The van der Waals surface area contributed by atoms with E-state index in [9.17, 15) is 4.79 Å². The van der Waals surface area contributed by atoms with Crippen LogP contribution in [0.3, 0.4) is 0 Å². The van der Waals surface area contributed by atoms with E-state index in [4.69, 9.17) is 14.2 Å². The molecule has 24 heavy (non-hydrogen) atoms. The molecule has 0 heterocycles. The first-order chi connectivity index (χ1) is 11.7. The third kappa shape index (κ3) is 4.52. The Labute approximate surface area is 141 Å². The number of benzene rings is 2. The van der Waals surface area contributed by atoms with Gasteiger partial charge in [-0.2, -0.15) is 0 Å². The second-order valence-corrected chi connectivity index (χ2v) is 4.88. The lowest BCUT2D eigenvalue weighted by atomic mass is 10.1. The monoisotopic (exact) mass is 327 g/mol. The number of anilines is 1. The molecule has 0 aliphatic heterocycles. The van der Waals surface area contributed by atoms with Crippen LogP contribution in [0.5, 0.6) is 11.5 Å². The predicted octanol–water partition coefficient (Wildman–Crippen LogP) is 3.72. The Hall–Kier alpha value is -2.95. The van der Waals surface area contributed by atoms with Gasteiger partial charge in [-0.15, -0.1) is 0 Å². The standard InChI is InChI=1S/C19H21NO4/c1-4-24-19(21)18(14-5-9-16(22-2)10-6-14)13-20-15-7-11-17(23-3)12-8-15/h5-13,20H,4H2,1-3H3/b18-13-. The van der Waals surface area contributed by atoms with E-state index in [1.54, 1.807) is 39.5 Å². The molecule has 5 nitrogen and oxygen atoms in total. The van der Waals surface area contributed by atoms with E-state index in [0.29, 0.717) is 12.2 Å². The molecule has 0 unspecified atom stereocenters. The van der Waals surface area contributed by atoms with Crippen LogP contribution in [-0.4, -0.2) is 26.8 Å². The van der Waals surface area contributed by atoms with E-state index in [-0.39, 0.29) is 5.97 Å². The number of carbonyl (C=O) groups excluding carboxylic acids is 1. The van der Waals surface area contributed by atoms with Gasteiger partial charge in [0.25, 0.3) is 0 Å². The first kappa shape index (κ1) is 17.4. The molecule has 0 amide bonds. The summed E-state index contributed by atoms with van der Waals surface area (Å²) in [5.74, 6) is 1.11. The summed E-state index contributed by atoms with van der Waals surface area (Å²) in [5.41, 5.74) is 2.02. The fourth-order valence-electron chi connectivity index (χ4n) is 2.08. The van der Waals surface area contributed by atoms with Gasteiger partial charge in [0, 0.05) is 11.9 Å². The van der Waals surface area contributed by atoms with E-state index < -0.39 is 0 Å². The number of hydrogen-bond acceptors (Lipinski definition) is 5. The van der Waals surface area contributed by atoms with Crippen LogP contribution in [-0.2, 0) is 9.53 Å². The number of rotatable bonds is 7. The summed E-state index contributed by atoms with van der Waals surface area (Å²) >= 11 is 0. The van der Waals surface area contributed by atoms with Gasteiger partial charge < -0.3 is 19.5 Å². The summed E-state index contributed by atoms with van der Waals surface area (Å²) < 4.78 is 15.4. The fourth-order valence-corrected chi connectivity index (χ4v) is 2.08. The van der Waals surface area contributed by atoms with Gasteiger partial charge >= 0.3 is 5.97 Å². The van der Waals surface area contributed by atoms with Gasteiger partial charge in [0.2, 0.25) is 0 Å². The van der Waals surface area contributed by atoms with Crippen LogP contribution < -0.4 is 14.8 Å². The highest BCUT2D eigenvalue weighted by molar-refractivity contribution is 6.16. The normalized spacial score (nSPS) is 10.9. The molecule has 0 atom stereocenters. The van der Waals surface area contributed by atoms with Crippen LogP contribution in [0.4, 0.5) is 5.69 Å². The summed E-state index contributed by atoms with van der Waals surface area (Å²) in [5, 5.41) is 3.11. The second-order valence-electron chi connectivity index (χ2n) is 4.88. The van der Waals surface area contributed by atoms with Crippen LogP contribution in [0.2, 0.25) is 0 Å². The highest BCUT2D eigenvalue weighted by atomic mass is 16.5. The molecule has 2 aromatic carbocycles.